The van der Waals surface area contributed by atoms with Gasteiger partial charge in [0.05, 0.1) is 6.61 Å². The molecule has 2 aliphatic rings. The molecule has 0 atom stereocenters. The highest BCUT2D eigenvalue weighted by Gasteiger charge is 2.30. The lowest BCUT2D eigenvalue weighted by Crippen LogP contribution is -2.28. The van der Waals surface area contributed by atoms with Crippen molar-refractivity contribution in [3.05, 3.63) is 18.2 Å². The van der Waals surface area contributed by atoms with Crippen LogP contribution in [0, 0.1) is 5.92 Å². The molecule has 1 amide bonds. The largest absolute Gasteiger partial charge is 0.492 e. The van der Waals surface area contributed by atoms with Crippen molar-refractivity contribution in [2.75, 3.05) is 25.0 Å². The Bertz CT molecular complexity index is 767. The van der Waals surface area contributed by atoms with E-state index in [-0.39, 0.29) is 10.8 Å². The van der Waals surface area contributed by atoms with Crippen LogP contribution in [-0.4, -0.2) is 38.3 Å². The number of benzene rings is 1. The molecule has 1 aromatic carbocycles. The van der Waals surface area contributed by atoms with Crippen molar-refractivity contribution >= 4 is 21.6 Å². The quantitative estimate of drug-likeness (QED) is 0.700. The van der Waals surface area contributed by atoms with Crippen LogP contribution in [-0.2, 0) is 14.8 Å². The van der Waals surface area contributed by atoms with Gasteiger partial charge < -0.3 is 10.1 Å². The zero-order chi connectivity index (χ0) is 20.0. The summed E-state index contributed by atoms with van der Waals surface area (Å²) in [5.41, 5.74) is 0.509. The molecule has 0 spiro atoms. The summed E-state index contributed by atoms with van der Waals surface area (Å²) in [5, 5.41) is 2.88. The third-order valence-corrected chi connectivity index (χ3v) is 7.63. The van der Waals surface area contributed by atoms with E-state index in [1.165, 1.54) is 42.5 Å². The molecule has 0 aromatic heterocycles. The highest BCUT2D eigenvalue weighted by Crippen LogP contribution is 2.32. The summed E-state index contributed by atoms with van der Waals surface area (Å²) in [6.07, 6.45) is 9.41. The molecule has 0 radical (unpaired) electrons. The number of hydrogen-bond donors (Lipinski definition) is 1. The number of sulfonamides is 1. The first kappa shape index (κ1) is 21.1. The zero-order valence-electron chi connectivity index (χ0n) is 16.8. The molecule has 0 bridgehead atoms. The van der Waals surface area contributed by atoms with E-state index in [4.69, 9.17) is 4.74 Å². The van der Waals surface area contributed by atoms with Gasteiger partial charge in [-0.05, 0) is 50.3 Å². The molecule has 1 saturated heterocycles. The summed E-state index contributed by atoms with van der Waals surface area (Å²) in [6, 6.07) is 4.90. The second-order valence-corrected chi connectivity index (χ2v) is 9.70. The minimum atomic E-state index is -3.62. The zero-order valence-corrected chi connectivity index (χ0v) is 17.6. The molecule has 1 N–H and O–H groups in total. The van der Waals surface area contributed by atoms with Gasteiger partial charge in [0.25, 0.3) is 0 Å². The minimum absolute atomic E-state index is 0.0562. The van der Waals surface area contributed by atoms with Gasteiger partial charge in [0.15, 0.2) is 0 Å². The molecule has 6 nitrogen and oxygen atoms in total. The van der Waals surface area contributed by atoms with Crippen molar-refractivity contribution in [1.82, 2.24) is 4.31 Å². The maximum Gasteiger partial charge on any atom is 0.246 e. The summed E-state index contributed by atoms with van der Waals surface area (Å²) in [4.78, 5) is 12.5. The molecular weight excluding hydrogens is 376 g/mol. The van der Waals surface area contributed by atoms with Crippen LogP contribution in [0.15, 0.2) is 23.1 Å². The van der Waals surface area contributed by atoms with Crippen molar-refractivity contribution in [3.63, 3.8) is 0 Å². The molecule has 1 aliphatic heterocycles. The molecule has 1 aromatic rings. The van der Waals surface area contributed by atoms with E-state index in [0.29, 0.717) is 43.5 Å². The number of amides is 1. The highest BCUT2D eigenvalue weighted by atomic mass is 32.2. The fourth-order valence-electron chi connectivity index (χ4n) is 4.16. The van der Waals surface area contributed by atoms with Crippen molar-refractivity contribution < 1.29 is 17.9 Å². The van der Waals surface area contributed by atoms with Crippen molar-refractivity contribution in [1.29, 1.82) is 0 Å². The maximum absolute atomic E-state index is 13.0. The summed E-state index contributed by atoms with van der Waals surface area (Å²) < 4.78 is 33.1. The van der Waals surface area contributed by atoms with Gasteiger partial charge in [0.1, 0.15) is 10.6 Å². The molecule has 156 valence electrons. The van der Waals surface area contributed by atoms with Gasteiger partial charge in [-0.15, -0.1) is 0 Å². The van der Waals surface area contributed by atoms with E-state index in [9.17, 15) is 13.2 Å². The Kier molecular flexibility index (Phi) is 7.35. The van der Waals surface area contributed by atoms with Crippen LogP contribution in [0.2, 0.25) is 0 Å². The fraction of sp³-hybridized carbons (Fsp3) is 0.667. The molecular formula is C21H32N2O4S. The van der Waals surface area contributed by atoms with Crippen LogP contribution < -0.4 is 10.1 Å². The molecule has 2 fully saturated rings. The standard InChI is InChI=1S/C21H32N2O4S/c1-2-27-19-12-11-18(16-20(19)28(25,26)23-14-6-7-15-23)22-21(24)13-10-17-8-4-3-5-9-17/h11-12,16-17H,2-10,13-15H2,1H3,(H,22,24). The predicted octanol–water partition coefficient (Wildman–Crippen LogP) is 4.17. The molecule has 1 heterocycles. The number of ether oxygens (including phenoxy) is 1. The topological polar surface area (TPSA) is 75.7 Å². The Morgan fingerprint density at radius 1 is 1.14 bits per heavy atom. The summed E-state index contributed by atoms with van der Waals surface area (Å²) in [6.45, 7) is 3.28. The maximum atomic E-state index is 13.0. The average molecular weight is 409 g/mol. The van der Waals surface area contributed by atoms with E-state index in [0.717, 1.165) is 19.3 Å². The first-order chi connectivity index (χ1) is 13.5. The Labute approximate surface area is 168 Å². The summed E-state index contributed by atoms with van der Waals surface area (Å²) in [7, 11) is -3.62. The second-order valence-electron chi connectivity index (χ2n) is 7.80. The predicted molar refractivity (Wildman–Crippen MR) is 110 cm³/mol. The van der Waals surface area contributed by atoms with Gasteiger partial charge >= 0.3 is 0 Å². The highest BCUT2D eigenvalue weighted by molar-refractivity contribution is 7.89. The van der Waals surface area contributed by atoms with Gasteiger partial charge in [-0.25, -0.2) is 8.42 Å². The lowest BCUT2D eigenvalue weighted by Gasteiger charge is -2.21. The van der Waals surface area contributed by atoms with E-state index in [1.54, 1.807) is 12.1 Å². The first-order valence-corrected chi connectivity index (χ1v) is 12.0. The Hall–Kier alpha value is -1.60. The van der Waals surface area contributed by atoms with Gasteiger partial charge in [-0.3, -0.25) is 4.79 Å². The fourth-order valence-corrected chi connectivity index (χ4v) is 5.84. The van der Waals surface area contributed by atoms with E-state index in [1.807, 2.05) is 6.92 Å². The number of nitrogens with one attached hydrogen (secondary N) is 1. The van der Waals surface area contributed by atoms with Crippen molar-refractivity contribution in [2.24, 2.45) is 5.92 Å². The second kappa shape index (κ2) is 9.74. The monoisotopic (exact) mass is 408 g/mol. The average Bonchev–Trinajstić information content (AvgIpc) is 3.24. The third-order valence-electron chi connectivity index (χ3n) is 5.71. The number of nitrogens with zero attached hydrogens (tertiary/aromatic N) is 1. The van der Waals surface area contributed by atoms with Crippen LogP contribution in [0.5, 0.6) is 5.75 Å². The van der Waals surface area contributed by atoms with E-state index < -0.39 is 10.0 Å². The van der Waals surface area contributed by atoms with Crippen LogP contribution in [0.25, 0.3) is 0 Å². The van der Waals surface area contributed by atoms with Crippen LogP contribution in [0.1, 0.15) is 64.7 Å². The Morgan fingerprint density at radius 3 is 2.54 bits per heavy atom. The van der Waals surface area contributed by atoms with Crippen LogP contribution in [0.3, 0.4) is 0 Å². The summed E-state index contributed by atoms with van der Waals surface area (Å²) >= 11 is 0. The third kappa shape index (κ3) is 5.26. The molecule has 1 aliphatic carbocycles. The lowest BCUT2D eigenvalue weighted by atomic mass is 9.86. The molecule has 3 rings (SSSR count). The number of carbonyl (C=O) groups is 1. The van der Waals surface area contributed by atoms with Crippen LogP contribution >= 0.6 is 0 Å². The minimum Gasteiger partial charge on any atom is -0.492 e. The number of carbonyl (C=O) groups excluding carboxylic acids is 1. The smallest absolute Gasteiger partial charge is 0.246 e. The van der Waals surface area contributed by atoms with Gasteiger partial charge in [-0.1, -0.05) is 32.1 Å². The van der Waals surface area contributed by atoms with Crippen LogP contribution in [0.4, 0.5) is 5.69 Å². The normalized spacial score (nSPS) is 18.9. The lowest BCUT2D eigenvalue weighted by molar-refractivity contribution is -0.116. The van der Waals surface area contributed by atoms with Crippen molar-refractivity contribution in [2.45, 2.75) is 69.6 Å². The van der Waals surface area contributed by atoms with E-state index >= 15 is 0 Å². The van der Waals surface area contributed by atoms with Crippen molar-refractivity contribution in [3.8, 4) is 5.75 Å². The molecule has 7 heteroatoms. The van der Waals surface area contributed by atoms with Gasteiger partial charge in [0.2, 0.25) is 15.9 Å². The molecule has 28 heavy (non-hydrogen) atoms. The summed E-state index contributed by atoms with van der Waals surface area (Å²) in [5.74, 6) is 0.930. The van der Waals surface area contributed by atoms with E-state index in [2.05, 4.69) is 5.32 Å². The Balaban J connectivity index is 1.70. The number of hydrogen-bond acceptors (Lipinski definition) is 4. The Morgan fingerprint density at radius 2 is 1.86 bits per heavy atom. The molecule has 0 unspecified atom stereocenters. The number of anilines is 1. The van der Waals surface area contributed by atoms with Gasteiger partial charge in [-0.2, -0.15) is 4.31 Å². The SMILES string of the molecule is CCOc1ccc(NC(=O)CCC2CCCCC2)cc1S(=O)(=O)N1CCCC1. The first-order valence-electron chi connectivity index (χ1n) is 10.6. The molecule has 1 saturated carbocycles. The van der Waals surface area contributed by atoms with Gasteiger partial charge in [0, 0.05) is 25.2 Å². The number of rotatable bonds is 8.